The maximum absolute atomic E-state index is 9.55. The fourth-order valence-corrected chi connectivity index (χ4v) is 1.27. The van der Waals surface area contributed by atoms with Crippen molar-refractivity contribution in [3.63, 3.8) is 0 Å². The molecule has 14 heavy (non-hydrogen) atoms. The largest absolute Gasteiger partial charge is 0.508 e. The first-order chi connectivity index (χ1) is 6.63. The summed E-state index contributed by atoms with van der Waals surface area (Å²) in [6, 6.07) is 5.39. The van der Waals surface area contributed by atoms with Gasteiger partial charge >= 0.3 is 0 Å². The lowest BCUT2D eigenvalue weighted by atomic mass is 10.1. The first-order valence-corrected chi connectivity index (χ1v) is 4.75. The maximum Gasteiger partial charge on any atom is 0.119 e. The zero-order valence-corrected chi connectivity index (χ0v) is 8.66. The van der Waals surface area contributed by atoms with Crippen LogP contribution in [0.2, 0.25) is 0 Å². The van der Waals surface area contributed by atoms with E-state index in [1.165, 1.54) is 0 Å². The standard InChI is InChI=1S/C11H17NO2/c1-8(12)3-4-9-7-10(14-2)5-6-11(9)13/h5-8,13H,3-4,12H2,1-2H3/t8-/m1/s1. The van der Waals surface area contributed by atoms with Gasteiger partial charge in [0, 0.05) is 6.04 Å². The number of rotatable bonds is 4. The van der Waals surface area contributed by atoms with Crippen molar-refractivity contribution in [2.75, 3.05) is 7.11 Å². The molecule has 3 N–H and O–H groups in total. The number of hydrogen-bond acceptors (Lipinski definition) is 3. The highest BCUT2D eigenvalue weighted by atomic mass is 16.5. The molecule has 0 unspecified atom stereocenters. The molecule has 0 fully saturated rings. The molecular weight excluding hydrogens is 178 g/mol. The second-order valence-electron chi connectivity index (χ2n) is 3.51. The molecule has 0 bridgehead atoms. The number of phenols is 1. The van der Waals surface area contributed by atoms with E-state index in [0.717, 1.165) is 24.2 Å². The van der Waals surface area contributed by atoms with Crippen LogP contribution in [0.1, 0.15) is 18.9 Å². The summed E-state index contributed by atoms with van der Waals surface area (Å²) in [4.78, 5) is 0. The highest BCUT2D eigenvalue weighted by Gasteiger charge is 2.04. The normalized spacial score (nSPS) is 12.5. The lowest BCUT2D eigenvalue weighted by Crippen LogP contribution is -2.15. The summed E-state index contributed by atoms with van der Waals surface area (Å²) in [5.74, 6) is 1.08. The molecule has 0 radical (unpaired) electrons. The molecule has 78 valence electrons. The number of ether oxygens (including phenoxy) is 1. The second-order valence-corrected chi connectivity index (χ2v) is 3.51. The minimum absolute atomic E-state index is 0.153. The van der Waals surface area contributed by atoms with Crippen molar-refractivity contribution in [3.8, 4) is 11.5 Å². The van der Waals surface area contributed by atoms with Gasteiger partial charge in [-0.3, -0.25) is 0 Å². The van der Waals surface area contributed by atoms with E-state index in [1.807, 2.05) is 13.0 Å². The molecule has 1 rings (SSSR count). The maximum atomic E-state index is 9.55. The van der Waals surface area contributed by atoms with Crippen molar-refractivity contribution in [2.45, 2.75) is 25.8 Å². The highest BCUT2D eigenvalue weighted by Crippen LogP contribution is 2.24. The first kappa shape index (κ1) is 10.9. The van der Waals surface area contributed by atoms with E-state index < -0.39 is 0 Å². The van der Waals surface area contributed by atoms with Crippen LogP contribution in [0.3, 0.4) is 0 Å². The summed E-state index contributed by atoms with van der Waals surface area (Å²) >= 11 is 0. The van der Waals surface area contributed by atoms with E-state index in [1.54, 1.807) is 19.2 Å². The van der Waals surface area contributed by atoms with Gasteiger partial charge in [0.15, 0.2) is 0 Å². The SMILES string of the molecule is COc1ccc(O)c(CC[C@@H](C)N)c1. The molecule has 0 spiro atoms. The molecule has 0 aliphatic heterocycles. The molecule has 1 atom stereocenters. The molecule has 0 saturated heterocycles. The molecule has 0 heterocycles. The third kappa shape index (κ3) is 2.92. The number of hydrogen-bond donors (Lipinski definition) is 2. The highest BCUT2D eigenvalue weighted by molar-refractivity contribution is 5.39. The quantitative estimate of drug-likeness (QED) is 0.768. The Kier molecular flexibility index (Phi) is 3.77. The zero-order chi connectivity index (χ0) is 10.6. The van der Waals surface area contributed by atoms with Gasteiger partial charge in [-0.05, 0) is 43.5 Å². The van der Waals surface area contributed by atoms with E-state index in [2.05, 4.69) is 0 Å². The lowest BCUT2D eigenvalue weighted by molar-refractivity contribution is 0.410. The summed E-state index contributed by atoms with van der Waals surface area (Å²) in [6.07, 6.45) is 1.64. The molecule has 0 saturated carbocycles. The van der Waals surface area contributed by atoms with Crippen LogP contribution in [0.5, 0.6) is 11.5 Å². The van der Waals surface area contributed by atoms with Crippen LogP contribution in [0.25, 0.3) is 0 Å². The number of methoxy groups -OCH3 is 1. The Morgan fingerprint density at radius 1 is 1.50 bits per heavy atom. The Hall–Kier alpha value is -1.22. The Bertz CT molecular complexity index is 297. The number of phenolic OH excluding ortho intramolecular Hbond substituents is 1. The van der Waals surface area contributed by atoms with E-state index >= 15 is 0 Å². The number of nitrogens with two attached hydrogens (primary N) is 1. The minimum Gasteiger partial charge on any atom is -0.508 e. The second kappa shape index (κ2) is 4.86. The fraction of sp³-hybridized carbons (Fsp3) is 0.455. The van der Waals surface area contributed by atoms with Crippen LogP contribution in [0.4, 0.5) is 0 Å². The average Bonchev–Trinajstić information content (AvgIpc) is 2.16. The summed E-state index contributed by atoms with van der Waals surface area (Å²) in [5, 5.41) is 9.55. The van der Waals surface area contributed by atoms with Gasteiger partial charge in [-0.15, -0.1) is 0 Å². The van der Waals surface area contributed by atoms with E-state index in [-0.39, 0.29) is 6.04 Å². The Morgan fingerprint density at radius 3 is 2.79 bits per heavy atom. The third-order valence-electron chi connectivity index (χ3n) is 2.16. The van der Waals surface area contributed by atoms with Gasteiger partial charge in [0.1, 0.15) is 11.5 Å². The number of aryl methyl sites for hydroxylation is 1. The van der Waals surface area contributed by atoms with Crippen LogP contribution in [-0.4, -0.2) is 18.3 Å². The molecule has 0 aromatic heterocycles. The summed E-state index contributed by atoms with van der Waals surface area (Å²) < 4.78 is 5.07. The zero-order valence-electron chi connectivity index (χ0n) is 8.66. The molecule has 1 aromatic rings. The Morgan fingerprint density at radius 2 is 2.21 bits per heavy atom. The van der Waals surface area contributed by atoms with E-state index in [4.69, 9.17) is 10.5 Å². The van der Waals surface area contributed by atoms with Crippen LogP contribution in [-0.2, 0) is 6.42 Å². The van der Waals surface area contributed by atoms with Gasteiger partial charge in [-0.25, -0.2) is 0 Å². The van der Waals surface area contributed by atoms with Crippen molar-refractivity contribution in [2.24, 2.45) is 5.73 Å². The average molecular weight is 195 g/mol. The Labute approximate surface area is 84.5 Å². The number of benzene rings is 1. The third-order valence-corrected chi connectivity index (χ3v) is 2.16. The van der Waals surface area contributed by atoms with Crippen LogP contribution in [0, 0.1) is 0 Å². The van der Waals surface area contributed by atoms with Crippen molar-refractivity contribution >= 4 is 0 Å². The summed E-state index contributed by atoms with van der Waals surface area (Å²) in [7, 11) is 1.61. The van der Waals surface area contributed by atoms with Crippen LogP contribution in [0.15, 0.2) is 18.2 Å². The van der Waals surface area contributed by atoms with E-state index in [9.17, 15) is 5.11 Å². The van der Waals surface area contributed by atoms with Crippen molar-refractivity contribution in [3.05, 3.63) is 23.8 Å². The van der Waals surface area contributed by atoms with Gasteiger partial charge < -0.3 is 15.6 Å². The fourth-order valence-electron chi connectivity index (χ4n) is 1.27. The molecule has 0 aliphatic rings. The lowest BCUT2D eigenvalue weighted by Gasteiger charge is -2.08. The van der Waals surface area contributed by atoms with Crippen molar-refractivity contribution in [1.29, 1.82) is 0 Å². The number of aromatic hydroxyl groups is 1. The van der Waals surface area contributed by atoms with Crippen molar-refractivity contribution in [1.82, 2.24) is 0 Å². The summed E-state index contributed by atoms with van der Waals surface area (Å²) in [6.45, 7) is 1.96. The molecular formula is C11H17NO2. The van der Waals surface area contributed by atoms with Crippen LogP contribution < -0.4 is 10.5 Å². The van der Waals surface area contributed by atoms with E-state index in [0.29, 0.717) is 5.75 Å². The molecule has 3 nitrogen and oxygen atoms in total. The molecule has 0 aliphatic carbocycles. The van der Waals surface area contributed by atoms with Gasteiger partial charge in [0.2, 0.25) is 0 Å². The van der Waals surface area contributed by atoms with Gasteiger partial charge in [-0.1, -0.05) is 0 Å². The first-order valence-electron chi connectivity index (χ1n) is 4.75. The molecule has 0 amide bonds. The molecule has 3 heteroatoms. The predicted molar refractivity (Wildman–Crippen MR) is 56.6 cm³/mol. The topological polar surface area (TPSA) is 55.5 Å². The van der Waals surface area contributed by atoms with Gasteiger partial charge in [0.05, 0.1) is 7.11 Å². The summed E-state index contributed by atoms with van der Waals surface area (Å²) in [5.41, 5.74) is 6.54. The van der Waals surface area contributed by atoms with Crippen molar-refractivity contribution < 1.29 is 9.84 Å². The molecule has 1 aromatic carbocycles. The smallest absolute Gasteiger partial charge is 0.119 e. The van der Waals surface area contributed by atoms with Gasteiger partial charge in [0.25, 0.3) is 0 Å². The predicted octanol–water partition coefficient (Wildman–Crippen LogP) is 1.68. The monoisotopic (exact) mass is 195 g/mol. The van der Waals surface area contributed by atoms with Crippen LogP contribution >= 0.6 is 0 Å². The Balaban J connectivity index is 2.73. The van der Waals surface area contributed by atoms with Gasteiger partial charge in [-0.2, -0.15) is 0 Å². The minimum atomic E-state index is 0.153.